The second-order valence-corrected chi connectivity index (χ2v) is 3.79. The minimum absolute atomic E-state index is 0.595. The molecule has 0 aliphatic heterocycles. The monoisotopic (exact) mass is 229 g/mol. The molecule has 0 bridgehead atoms. The van der Waals surface area contributed by atoms with E-state index in [1.807, 2.05) is 32.0 Å². The lowest BCUT2D eigenvalue weighted by Crippen LogP contribution is -2.10. The zero-order valence-electron chi connectivity index (χ0n) is 9.94. The van der Waals surface area contributed by atoms with E-state index in [9.17, 15) is 0 Å². The Morgan fingerprint density at radius 2 is 2.12 bits per heavy atom. The van der Waals surface area contributed by atoms with Crippen molar-refractivity contribution in [2.24, 2.45) is 5.84 Å². The highest BCUT2D eigenvalue weighted by Crippen LogP contribution is 2.16. The van der Waals surface area contributed by atoms with E-state index in [0.717, 1.165) is 23.4 Å². The highest BCUT2D eigenvalue weighted by atomic mass is 15.3. The fourth-order valence-corrected chi connectivity index (χ4v) is 1.47. The number of rotatable bonds is 3. The number of pyridine rings is 1. The Labute approximate surface area is 100 Å². The number of hydrogen-bond acceptors (Lipinski definition) is 5. The van der Waals surface area contributed by atoms with Gasteiger partial charge >= 0.3 is 0 Å². The lowest BCUT2D eigenvalue weighted by atomic mass is 10.2. The molecule has 3 N–H and O–H groups in total. The smallest absolute Gasteiger partial charge is 0.180 e. The molecule has 2 heterocycles. The third kappa shape index (κ3) is 2.57. The first-order valence-electron chi connectivity index (χ1n) is 5.50. The number of nitrogens with one attached hydrogen (secondary N) is 1. The van der Waals surface area contributed by atoms with Gasteiger partial charge in [0.25, 0.3) is 0 Å². The second-order valence-electron chi connectivity index (χ2n) is 3.79. The van der Waals surface area contributed by atoms with Crippen LogP contribution in [0.2, 0.25) is 0 Å². The molecular formula is C12H15N5. The third-order valence-corrected chi connectivity index (χ3v) is 2.43. The molecule has 0 spiro atoms. The van der Waals surface area contributed by atoms with Crippen molar-refractivity contribution in [3.05, 3.63) is 35.7 Å². The van der Waals surface area contributed by atoms with Crippen molar-refractivity contribution in [3.63, 3.8) is 0 Å². The van der Waals surface area contributed by atoms with E-state index >= 15 is 0 Å². The van der Waals surface area contributed by atoms with Crippen LogP contribution in [0.25, 0.3) is 11.5 Å². The molecule has 0 unspecified atom stereocenters. The van der Waals surface area contributed by atoms with E-state index in [0.29, 0.717) is 11.6 Å². The number of aryl methyl sites for hydroxylation is 2. The molecule has 0 saturated heterocycles. The maximum atomic E-state index is 5.38. The summed E-state index contributed by atoms with van der Waals surface area (Å²) < 4.78 is 0. The summed E-state index contributed by atoms with van der Waals surface area (Å²) in [4.78, 5) is 13.0. The van der Waals surface area contributed by atoms with Crippen LogP contribution in [0.5, 0.6) is 0 Å². The van der Waals surface area contributed by atoms with Crippen LogP contribution < -0.4 is 11.3 Å². The fraction of sp³-hybridized carbons (Fsp3) is 0.250. The normalized spacial score (nSPS) is 10.3. The van der Waals surface area contributed by atoms with Gasteiger partial charge in [0.2, 0.25) is 0 Å². The summed E-state index contributed by atoms with van der Waals surface area (Å²) in [5.41, 5.74) is 5.34. The van der Waals surface area contributed by atoms with Crippen molar-refractivity contribution >= 4 is 5.82 Å². The minimum atomic E-state index is 0.595. The largest absolute Gasteiger partial charge is 0.308 e. The first kappa shape index (κ1) is 11.5. The highest BCUT2D eigenvalue weighted by Gasteiger charge is 2.06. The number of nitrogens with two attached hydrogens (primary N) is 1. The molecule has 0 atom stereocenters. The number of nitrogen functional groups attached to an aromatic ring is 1. The van der Waals surface area contributed by atoms with E-state index in [4.69, 9.17) is 5.84 Å². The molecule has 0 fully saturated rings. The molecule has 0 saturated carbocycles. The van der Waals surface area contributed by atoms with Gasteiger partial charge in [-0.1, -0.05) is 13.0 Å². The molecule has 2 rings (SSSR count). The van der Waals surface area contributed by atoms with Gasteiger partial charge in [-0.2, -0.15) is 0 Å². The average Bonchev–Trinajstić information content (AvgIpc) is 2.39. The van der Waals surface area contributed by atoms with Gasteiger partial charge in [-0.25, -0.2) is 15.8 Å². The fourth-order valence-electron chi connectivity index (χ4n) is 1.47. The van der Waals surface area contributed by atoms with Crippen LogP contribution in [0.15, 0.2) is 24.4 Å². The predicted octanol–water partition coefficient (Wildman–Crippen LogP) is 1.70. The van der Waals surface area contributed by atoms with Gasteiger partial charge in [0.15, 0.2) is 5.82 Å². The number of nitrogens with zero attached hydrogens (tertiary/aromatic N) is 3. The van der Waals surface area contributed by atoms with Gasteiger partial charge in [0.1, 0.15) is 11.5 Å². The second kappa shape index (κ2) is 4.88. The van der Waals surface area contributed by atoms with Crippen LogP contribution in [0, 0.1) is 6.92 Å². The molecule has 2 aromatic rings. The zero-order chi connectivity index (χ0) is 12.3. The van der Waals surface area contributed by atoms with Gasteiger partial charge in [-0.15, -0.1) is 0 Å². The summed E-state index contributed by atoms with van der Waals surface area (Å²) in [7, 11) is 0. The molecule has 5 nitrogen and oxygen atoms in total. The molecular weight excluding hydrogens is 214 g/mol. The first-order valence-corrected chi connectivity index (χ1v) is 5.50. The third-order valence-electron chi connectivity index (χ3n) is 2.43. The summed E-state index contributed by atoms with van der Waals surface area (Å²) >= 11 is 0. The zero-order valence-corrected chi connectivity index (χ0v) is 9.94. The van der Waals surface area contributed by atoms with Crippen molar-refractivity contribution in [2.75, 3.05) is 5.43 Å². The molecule has 88 valence electrons. The van der Waals surface area contributed by atoms with Crippen molar-refractivity contribution in [1.29, 1.82) is 0 Å². The molecule has 0 aromatic carbocycles. The highest BCUT2D eigenvalue weighted by molar-refractivity contribution is 5.53. The van der Waals surface area contributed by atoms with Gasteiger partial charge in [0.05, 0.1) is 0 Å². The van der Waals surface area contributed by atoms with Crippen LogP contribution in [-0.2, 0) is 6.42 Å². The Kier molecular flexibility index (Phi) is 3.30. The van der Waals surface area contributed by atoms with E-state index in [2.05, 4.69) is 20.4 Å². The molecule has 5 heteroatoms. The van der Waals surface area contributed by atoms with Crippen LogP contribution in [0.3, 0.4) is 0 Å². The summed E-state index contributed by atoms with van der Waals surface area (Å²) in [6.07, 6.45) is 2.63. The first-order chi connectivity index (χ1) is 8.22. The van der Waals surface area contributed by atoms with Crippen molar-refractivity contribution in [1.82, 2.24) is 15.0 Å². The van der Waals surface area contributed by atoms with Crippen molar-refractivity contribution in [3.8, 4) is 11.5 Å². The Balaban J connectivity index is 2.46. The quantitative estimate of drug-likeness (QED) is 0.618. The van der Waals surface area contributed by atoms with Gasteiger partial charge in [-0.3, -0.25) is 4.98 Å². The maximum Gasteiger partial charge on any atom is 0.180 e. The van der Waals surface area contributed by atoms with Gasteiger partial charge < -0.3 is 5.43 Å². The van der Waals surface area contributed by atoms with Gasteiger partial charge in [-0.05, 0) is 25.0 Å². The van der Waals surface area contributed by atoms with Crippen LogP contribution in [-0.4, -0.2) is 15.0 Å². The van der Waals surface area contributed by atoms with Gasteiger partial charge in [0, 0.05) is 18.0 Å². The molecule has 0 aliphatic carbocycles. The predicted molar refractivity (Wildman–Crippen MR) is 67.2 cm³/mol. The SMILES string of the molecule is CCc1cc(NN)nc(-c2ccc(C)cn2)n1. The number of anilines is 1. The summed E-state index contributed by atoms with van der Waals surface area (Å²) in [6, 6.07) is 5.72. The standard InChI is InChI=1S/C12H15N5/c1-3-9-6-11(17-13)16-12(15-9)10-5-4-8(2)7-14-10/h4-7H,3,13H2,1-2H3,(H,15,16,17). The Morgan fingerprint density at radius 1 is 1.29 bits per heavy atom. The molecule has 2 aromatic heterocycles. The minimum Gasteiger partial charge on any atom is -0.308 e. The molecule has 0 amide bonds. The summed E-state index contributed by atoms with van der Waals surface area (Å²) in [6.45, 7) is 4.03. The van der Waals surface area contributed by atoms with E-state index in [-0.39, 0.29) is 0 Å². The number of hydrogen-bond donors (Lipinski definition) is 2. The van der Waals surface area contributed by atoms with E-state index in [1.54, 1.807) is 6.20 Å². The lowest BCUT2D eigenvalue weighted by Gasteiger charge is -2.06. The van der Waals surface area contributed by atoms with Crippen molar-refractivity contribution < 1.29 is 0 Å². The van der Waals surface area contributed by atoms with Crippen LogP contribution >= 0.6 is 0 Å². The van der Waals surface area contributed by atoms with Crippen LogP contribution in [0.4, 0.5) is 5.82 Å². The summed E-state index contributed by atoms with van der Waals surface area (Å²) in [5.74, 6) is 6.58. The van der Waals surface area contributed by atoms with Crippen molar-refractivity contribution in [2.45, 2.75) is 20.3 Å². The molecule has 0 radical (unpaired) electrons. The Bertz CT molecular complexity index is 485. The van der Waals surface area contributed by atoms with E-state index in [1.165, 1.54) is 0 Å². The van der Waals surface area contributed by atoms with E-state index < -0.39 is 0 Å². The molecule has 0 aliphatic rings. The number of aromatic nitrogens is 3. The number of hydrazine groups is 1. The van der Waals surface area contributed by atoms with Crippen LogP contribution in [0.1, 0.15) is 18.2 Å². The topological polar surface area (TPSA) is 76.7 Å². The Hall–Kier alpha value is -2.01. The summed E-state index contributed by atoms with van der Waals surface area (Å²) in [5, 5.41) is 0. The average molecular weight is 229 g/mol. The Morgan fingerprint density at radius 3 is 2.71 bits per heavy atom. The maximum absolute atomic E-state index is 5.38. The lowest BCUT2D eigenvalue weighted by molar-refractivity contribution is 0.994. The molecule has 17 heavy (non-hydrogen) atoms.